The average Bonchev–Trinajstić information content (AvgIpc) is 2.36. The van der Waals surface area contributed by atoms with E-state index in [1.165, 1.54) is 0 Å². The molecular formula is C13H19ClO3. The Morgan fingerprint density at radius 3 is 2.18 bits per heavy atom. The van der Waals surface area contributed by atoms with E-state index in [9.17, 15) is 0 Å². The van der Waals surface area contributed by atoms with Crippen LogP contribution in [0.5, 0.6) is 17.2 Å². The summed E-state index contributed by atoms with van der Waals surface area (Å²) < 4.78 is 16.0. The van der Waals surface area contributed by atoms with E-state index in [0.717, 1.165) is 17.7 Å². The Labute approximate surface area is 108 Å². The zero-order valence-electron chi connectivity index (χ0n) is 10.7. The third-order valence-corrected chi connectivity index (χ3v) is 3.03. The fourth-order valence-corrected chi connectivity index (χ4v) is 2.16. The Bertz CT molecular complexity index is 366. The van der Waals surface area contributed by atoms with E-state index in [-0.39, 0.29) is 0 Å². The summed E-state index contributed by atoms with van der Waals surface area (Å²) in [5.41, 5.74) is 1.09. The third kappa shape index (κ3) is 2.97. The van der Waals surface area contributed by atoms with Gasteiger partial charge in [-0.3, -0.25) is 0 Å². The van der Waals surface area contributed by atoms with Gasteiger partial charge in [-0.05, 0) is 18.4 Å². The molecule has 0 heterocycles. The number of benzene rings is 1. The number of methoxy groups -OCH3 is 3. The van der Waals surface area contributed by atoms with Crippen LogP contribution in [0, 0.1) is 0 Å². The van der Waals surface area contributed by atoms with E-state index in [1.54, 1.807) is 21.3 Å². The van der Waals surface area contributed by atoms with Crippen molar-refractivity contribution in [1.82, 2.24) is 0 Å². The van der Waals surface area contributed by atoms with Gasteiger partial charge in [0.2, 0.25) is 5.75 Å². The SMILES string of the molecule is COc1ccc(C(C)CCCl)c(OC)c1OC. The molecule has 0 saturated heterocycles. The van der Waals surface area contributed by atoms with Crippen LogP contribution >= 0.6 is 11.6 Å². The fourth-order valence-electron chi connectivity index (χ4n) is 1.83. The number of rotatable bonds is 6. The van der Waals surface area contributed by atoms with Gasteiger partial charge in [0, 0.05) is 11.4 Å². The number of ether oxygens (including phenoxy) is 3. The molecule has 1 unspecified atom stereocenters. The summed E-state index contributed by atoms with van der Waals surface area (Å²) in [6, 6.07) is 3.89. The molecule has 0 aliphatic rings. The molecule has 0 N–H and O–H groups in total. The average molecular weight is 259 g/mol. The molecule has 0 bridgehead atoms. The number of hydrogen-bond acceptors (Lipinski definition) is 3. The van der Waals surface area contributed by atoms with Crippen LogP contribution in [0.4, 0.5) is 0 Å². The highest BCUT2D eigenvalue weighted by molar-refractivity contribution is 6.17. The highest BCUT2D eigenvalue weighted by Crippen LogP contribution is 2.43. The maximum atomic E-state index is 5.78. The van der Waals surface area contributed by atoms with Gasteiger partial charge in [0.05, 0.1) is 21.3 Å². The van der Waals surface area contributed by atoms with Crippen LogP contribution in [0.3, 0.4) is 0 Å². The van der Waals surface area contributed by atoms with Crippen molar-refractivity contribution in [3.05, 3.63) is 17.7 Å². The first-order valence-electron chi connectivity index (χ1n) is 5.54. The van der Waals surface area contributed by atoms with Gasteiger partial charge >= 0.3 is 0 Å². The van der Waals surface area contributed by atoms with Crippen molar-refractivity contribution < 1.29 is 14.2 Å². The first-order valence-corrected chi connectivity index (χ1v) is 6.07. The number of alkyl halides is 1. The Hall–Kier alpha value is -1.09. The molecule has 0 aromatic heterocycles. The molecule has 3 nitrogen and oxygen atoms in total. The first kappa shape index (κ1) is 14.0. The second kappa shape index (κ2) is 6.60. The summed E-state index contributed by atoms with van der Waals surface area (Å²) in [5.74, 6) is 2.98. The van der Waals surface area contributed by atoms with Crippen LogP contribution < -0.4 is 14.2 Å². The molecule has 1 atom stereocenters. The lowest BCUT2D eigenvalue weighted by Crippen LogP contribution is -2.02. The van der Waals surface area contributed by atoms with E-state index in [2.05, 4.69) is 6.92 Å². The Kier molecular flexibility index (Phi) is 5.42. The normalized spacial score (nSPS) is 12.1. The summed E-state index contributed by atoms with van der Waals surface area (Å²) in [6.07, 6.45) is 0.896. The maximum Gasteiger partial charge on any atom is 0.203 e. The zero-order valence-corrected chi connectivity index (χ0v) is 11.5. The minimum Gasteiger partial charge on any atom is -0.493 e. The van der Waals surface area contributed by atoms with Crippen molar-refractivity contribution in [2.45, 2.75) is 19.3 Å². The zero-order chi connectivity index (χ0) is 12.8. The molecule has 0 aliphatic carbocycles. The molecule has 0 saturated carbocycles. The van der Waals surface area contributed by atoms with Crippen LogP contribution in [-0.2, 0) is 0 Å². The van der Waals surface area contributed by atoms with Crippen molar-refractivity contribution in [2.75, 3.05) is 27.2 Å². The lowest BCUT2D eigenvalue weighted by molar-refractivity contribution is 0.321. The van der Waals surface area contributed by atoms with Crippen LogP contribution in [0.1, 0.15) is 24.8 Å². The summed E-state index contributed by atoms with van der Waals surface area (Å²) in [6.45, 7) is 2.12. The predicted molar refractivity (Wildman–Crippen MR) is 69.9 cm³/mol. The molecule has 0 radical (unpaired) electrons. The quantitative estimate of drug-likeness (QED) is 0.732. The number of halogens is 1. The lowest BCUT2D eigenvalue weighted by Gasteiger charge is -2.19. The maximum absolute atomic E-state index is 5.78. The van der Waals surface area contributed by atoms with Gasteiger partial charge in [-0.25, -0.2) is 0 Å². The lowest BCUT2D eigenvalue weighted by atomic mass is 9.97. The fraction of sp³-hybridized carbons (Fsp3) is 0.538. The van der Waals surface area contributed by atoms with E-state index >= 15 is 0 Å². The van der Waals surface area contributed by atoms with E-state index in [0.29, 0.717) is 23.3 Å². The Morgan fingerprint density at radius 2 is 1.71 bits per heavy atom. The first-order chi connectivity index (χ1) is 8.19. The van der Waals surface area contributed by atoms with Gasteiger partial charge in [0.15, 0.2) is 11.5 Å². The van der Waals surface area contributed by atoms with Crippen molar-refractivity contribution in [1.29, 1.82) is 0 Å². The Balaban J connectivity index is 3.22. The van der Waals surface area contributed by atoms with Crippen LogP contribution in [0.2, 0.25) is 0 Å². The molecular weight excluding hydrogens is 240 g/mol. The standard InChI is InChI=1S/C13H19ClO3/c1-9(7-8-14)10-5-6-11(15-2)13(17-4)12(10)16-3/h5-6,9H,7-8H2,1-4H3. The van der Waals surface area contributed by atoms with Gasteiger partial charge in [-0.2, -0.15) is 0 Å². The van der Waals surface area contributed by atoms with Gasteiger partial charge in [0.25, 0.3) is 0 Å². The summed E-state index contributed by atoms with van der Waals surface area (Å²) in [7, 11) is 4.85. The smallest absolute Gasteiger partial charge is 0.203 e. The van der Waals surface area contributed by atoms with E-state index in [4.69, 9.17) is 25.8 Å². The molecule has 0 spiro atoms. The van der Waals surface area contributed by atoms with E-state index < -0.39 is 0 Å². The molecule has 4 heteroatoms. The molecule has 17 heavy (non-hydrogen) atoms. The summed E-state index contributed by atoms with van der Waals surface area (Å²) in [5, 5.41) is 0. The van der Waals surface area contributed by atoms with Crippen molar-refractivity contribution >= 4 is 11.6 Å². The van der Waals surface area contributed by atoms with Crippen molar-refractivity contribution in [3.63, 3.8) is 0 Å². The highest BCUT2D eigenvalue weighted by atomic mass is 35.5. The topological polar surface area (TPSA) is 27.7 Å². The minimum absolute atomic E-state index is 0.322. The largest absolute Gasteiger partial charge is 0.493 e. The highest BCUT2D eigenvalue weighted by Gasteiger charge is 2.19. The van der Waals surface area contributed by atoms with Gasteiger partial charge in [-0.15, -0.1) is 11.6 Å². The molecule has 0 aliphatic heterocycles. The van der Waals surface area contributed by atoms with Crippen LogP contribution in [0.25, 0.3) is 0 Å². The molecule has 1 rings (SSSR count). The molecule has 1 aromatic rings. The van der Waals surface area contributed by atoms with Crippen molar-refractivity contribution in [3.8, 4) is 17.2 Å². The summed E-state index contributed by atoms with van der Waals surface area (Å²) >= 11 is 5.78. The second-order valence-corrected chi connectivity index (χ2v) is 4.18. The third-order valence-electron chi connectivity index (χ3n) is 2.81. The number of hydrogen-bond donors (Lipinski definition) is 0. The molecule has 96 valence electrons. The van der Waals surface area contributed by atoms with E-state index in [1.807, 2.05) is 12.1 Å². The van der Waals surface area contributed by atoms with Gasteiger partial charge < -0.3 is 14.2 Å². The van der Waals surface area contributed by atoms with Crippen molar-refractivity contribution in [2.24, 2.45) is 0 Å². The predicted octanol–water partition coefficient (Wildman–Crippen LogP) is 3.44. The second-order valence-electron chi connectivity index (χ2n) is 3.80. The minimum atomic E-state index is 0.322. The van der Waals surface area contributed by atoms with Crippen LogP contribution in [-0.4, -0.2) is 27.2 Å². The van der Waals surface area contributed by atoms with Crippen LogP contribution in [0.15, 0.2) is 12.1 Å². The molecule has 1 aromatic carbocycles. The van der Waals surface area contributed by atoms with Gasteiger partial charge in [-0.1, -0.05) is 13.0 Å². The summed E-state index contributed by atoms with van der Waals surface area (Å²) in [4.78, 5) is 0. The molecule has 0 amide bonds. The molecule has 0 fully saturated rings. The Morgan fingerprint density at radius 1 is 1.06 bits per heavy atom. The monoisotopic (exact) mass is 258 g/mol. The van der Waals surface area contributed by atoms with Gasteiger partial charge in [0.1, 0.15) is 0 Å².